The van der Waals surface area contributed by atoms with Crippen molar-refractivity contribution < 1.29 is 9.53 Å². The lowest BCUT2D eigenvalue weighted by Gasteiger charge is -2.04. The van der Waals surface area contributed by atoms with Crippen LogP contribution in [0.2, 0.25) is 0 Å². The number of hydrogen-bond donors (Lipinski definition) is 0. The summed E-state index contributed by atoms with van der Waals surface area (Å²) < 4.78 is 4.62. The van der Waals surface area contributed by atoms with E-state index >= 15 is 0 Å². The van der Waals surface area contributed by atoms with Crippen molar-refractivity contribution in [3.8, 4) is 0 Å². The van der Waals surface area contributed by atoms with Crippen molar-refractivity contribution in [1.82, 2.24) is 9.97 Å². The molecule has 2 rings (SSSR count). The van der Waals surface area contributed by atoms with Gasteiger partial charge in [0.1, 0.15) is 0 Å². The van der Waals surface area contributed by atoms with Gasteiger partial charge in [-0.2, -0.15) is 0 Å². The van der Waals surface area contributed by atoms with Crippen molar-refractivity contribution >= 4 is 17.0 Å². The summed E-state index contributed by atoms with van der Waals surface area (Å²) in [7, 11) is 1.34. The summed E-state index contributed by atoms with van der Waals surface area (Å²) in [6, 6.07) is 5.48. The summed E-state index contributed by atoms with van der Waals surface area (Å²) in [6.45, 7) is 3.90. The van der Waals surface area contributed by atoms with Crippen LogP contribution in [0.3, 0.4) is 0 Å². The number of ether oxygens (including phenoxy) is 1. The van der Waals surface area contributed by atoms with Crippen LogP contribution in [0.15, 0.2) is 18.2 Å². The van der Waals surface area contributed by atoms with E-state index in [-0.39, 0.29) is 5.69 Å². The summed E-state index contributed by atoms with van der Waals surface area (Å²) in [5.74, 6) is -0.442. The maximum atomic E-state index is 11.3. The lowest BCUT2D eigenvalue weighted by Crippen LogP contribution is -2.05. The highest BCUT2D eigenvalue weighted by Gasteiger charge is 2.09. The van der Waals surface area contributed by atoms with Crippen LogP contribution < -0.4 is 0 Å². The summed E-state index contributed by atoms with van der Waals surface area (Å²) in [4.78, 5) is 19.8. The Morgan fingerprint density at radius 1 is 1.25 bits per heavy atom. The van der Waals surface area contributed by atoms with Gasteiger partial charge in [0.05, 0.1) is 7.11 Å². The van der Waals surface area contributed by atoms with Crippen molar-refractivity contribution in [2.24, 2.45) is 0 Å². The average molecular weight is 216 g/mol. The molecule has 0 spiro atoms. The Labute approximate surface area is 93.3 Å². The lowest BCUT2D eigenvalue weighted by molar-refractivity contribution is 0.0594. The van der Waals surface area contributed by atoms with Gasteiger partial charge in [-0.3, -0.25) is 0 Å². The summed E-state index contributed by atoms with van der Waals surface area (Å²) in [5, 5.41) is 0.957. The average Bonchev–Trinajstić information content (AvgIpc) is 2.27. The molecule has 0 aliphatic carbocycles. The molecule has 2 aromatic heterocycles. The second kappa shape index (κ2) is 3.89. The molecule has 2 heterocycles. The molecule has 0 atom stereocenters. The van der Waals surface area contributed by atoms with E-state index in [2.05, 4.69) is 14.7 Å². The van der Waals surface area contributed by atoms with E-state index in [0.29, 0.717) is 5.65 Å². The molecule has 4 heteroatoms. The first-order chi connectivity index (χ1) is 7.61. The predicted molar refractivity (Wildman–Crippen MR) is 60.4 cm³/mol. The third-order valence-electron chi connectivity index (χ3n) is 2.40. The molecule has 0 fully saturated rings. The highest BCUT2D eigenvalue weighted by Crippen LogP contribution is 2.16. The Balaban J connectivity index is 2.66. The molecule has 0 bridgehead atoms. The number of fused-ring (bicyclic) bond motifs is 1. The molecule has 0 aliphatic rings. The normalized spacial score (nSPS) is 10.4. The molecule has 0 saturated heterocycles. The van der Waals surface area contributed by atoms with Crippen LogP contribution >= 0.6 is 0 Å². The van der Waals surface area contributed by atoms with Gasteiger partial charge in [-0.25, -0.2) is 14.8 Å². The zero-order chi connectivity index (χ0) is 11.7. The van der Waals surface area contributed by atoms with Crippen molar-refractivity contribution in [2.75, 3.05) is 7.11 Å². The first-order valence-electron chi connectivity index (χ1n) is 4.95. The monoisotopic (exact) mass is 216 g/mol. The molecule has 0 N–H and O–H groups in total. The molecule has 0 amide bonds. The van der Waals surface area contributed by atoms with Gasteiger partial charge < -0.3 is 4.74 Å². The summed E-state index contributed by atoms with van der Waals surface area (Å²) in [6.07, 6.45) is 0. The van der Waals surface area contributed by atoms with Gasteiger partial charge in [0.2, 0.25) is 0 Å². The minimum Gasteiger partial charge on any atom is -0.464 e. The molecule has 0 radical (unpaired) electrons. The maximum absolute atomic E-state index is 11.3. The standard InChI is InChI=1S/C12H12N2O2/c1-7-6-8(2)13-11-9(7)4-5-10(14-11)12(15)16-3/h4-6H,1-3H3. The fourth-order valence-electron chi connectivity index (χ4n) is 1.65. The van der Waals surface area contributed by atoms with Crippen LogP contribution in [0.5, 0.6) is 0 Å². The number of esters is 1. The van der Waals surface area contributed by atoms with Crippen LogP contribution in [-0.4, -0.2) is 23.0 Å². The van der Waals surface area contributed by atoms with Gasteiger partial charge >= 0.3 is 5.97 Å². The number of aryl methyl sites for hydroxylation is 2. The SMILES string of the molecule is COC(=O)c1ccc2c(C)cc(C)nc2n1. The number of hydrogen-bond acceptors (Lipinski definition) is 4. The van der Waals surface area contributed by atoms with E-state index < -0.39 is 5.97 Å². The number of carbonyl (C=O) groups excluding carboxylic acids is 1. The van der Waals surface area contributed by atoms with Crippen LogP contribution in [-0.2, 0) is 4.74 Å². The minimum atomic E-state index is -0.442. The third-order valence-corrected chi connectivity index (χ3v) is 2.40. The zero-order valence-corrected chi connectivity index (χ0v) is 9.44. The van der Waals surface area contributed by atoms with Gasteiger partial charge in [0, 0.05) is 11.1 Å². The number of rotatable bonds is 1. The molecular formula is C12H12N2O2. The Kier molecular flexibility index (Phi) is 2.56. The molecule has 0 aliphatic heterocycles. The Hall–Kier alpha value is -1.97. The molecular weight excluding hydrogens is 204 g/mol. The van der Waals surface area contributed by atoms with Crippen molar-refractivity contribution in [2.45, 2.75) is 13.8 Å². The van der Waals surface area contributed by atoms with E-state index in [4.69, 9.17) is 0 Å². The van der Waals surface area contributed by atoms with Crippen LogP contribution in [0.4, 0.5) is 0 Å². The highest BCUT2D eigenvalue weighted by atomic mass is 16.5. The Bertz CT molecular complexity index is 564. The van der Waals surface area contributed by atoms with Crippen LogP contribution in [0.1, 0.15) is 21.7 Å². The van der Waals surface area contributed by atoms with Gasteiger partial charge in [-0.05, 0) is 37.6 Å². The molecule has 4 nitrogen and oxygen atoms in total. The largest absolute Gasteiger partial charge is 0.464 e. The van der Waals surface area contributed by atoms with E-state index in [1.54, 1.807) is 6.07 Å². The topological polar surface area (TPSA) is 52.1 Å². The van der Waals surface area contributed by atoms with Gasteiger partial charge in [0.25, 0.3) is 0 Å². The molecule has 0 saturated carbocycles. The zero-order valence-electron chi connectivity index (χ0n) is 9.44. The molecule has 16 heavy (non-hydrogen) atoms. The third kappa shape index (κ3) is 1.74. The fraction of sp³-hybridized carbons (Fsp3) is 0.250. The summed E-state index contributed by atoms with van der Waals surface area (Å²) in [5.41, 5.74) is 2.86. The number of aromatic nitrogens is 2. The van der Waals surface area contributed by atoms with E-state index in [1.807, 2.05) is 26.0 Å². The van der Waals surface area contributed by atoms with Crippen LogP contribution in [0.25, 0.3) is 11.0 Å². The fourth-order valence-corrected chi connectivity index (χ4v) is 1.65. The molecule has 2 aromatic rings. The highest BCUT2D eigenvalue weighted by molar-refractivity contribution is 5.90. The Morgan fingerprint density at radius 2 is 2.00 bits per heavy atom. The van der Waals surface area contributed by atoms with Gasteiger partial charge in [-0.1, -0.05) is 0 Å². The number of methoxy groups -OCH3 is 1. The maximum Gasteiger partial charge on any atom is 0.356 e. The first kappa shape index (κ1) is 10.5. The Morgan fingerprint density at radius 3 is 2.69 bits per heavy atom. The van der Waals surface area contributed by atoms with E-state index in [0.717, 1.165) is 16.6 Å². The van der Waals surface area contributed by atoms with Gasteiger partial charge in [-0.15, -0.1) is 0 Å². The molecule has 82 valence electrons. The first-order valence-corrected chi connectivity index (χ1v) is 4.95. The number of carbonyl (C=O) groups is 1. The lowest BCUT2D eigenvalue weighted by atomic mass is 10.1. The van der Waals surface area contributed by atoms with Crippen molar-refractivity contribution in [3.63, 3.8) is 0 Å². The number of nitrogens with zero attached hydrogens (tertiary/aromatic N) is 2. The van der Waals surface area contributed by atoms with Crippen molar-refractivity contribution in [1.29, 1.82) is 0 Å². The second-order valence-corrected chi connectivity index (χ2v) is 3.64. The smallest absolute Gasteiger partial charge is 0.356 e. The quantitative estimate of drug-likeness (QED) is 0.684. The molecule has 0 aromatic carbocycles. The van der Waals surface area contributed by atoms with Gasteiger partial charge in [0.15, 0.2) is 11.3 Å². The second-order valence-electron chi connectivity index (χ2n) is 3.64. The van der Waals surface area contributed by atoms with Crippen LogP contribution in [0, 0.1) is 13.8 Å². The van der Waals surface area contributed by atoms with E-state index in [9.17, 15) is 4.79 Å². The van der Waals surface area contributed by atoms with E-state index in [1.165, 1.54) is 7.11 Å². The molecule has 0 unspecified atom stereocenters. The van der Waals surface area contributed by atoms with Crippen molar-refractivity contribution in [3.05, 3.63) is 35.2 Å². The number of pyridine rings is 2. The minimum absolute atomic E-state index is 0.285. The predicted octanol–water partition coefficient (Wildman–Crippen LogP) is 2.03. The summed E-state index contributed by atoms with van der Waals surface area (Å²) >= 11 is 0.